The fourth-order valence-corrected chi connectivity index (χ4v) is 4.75. The Hall–Kier alpha value is -2.34. The Labute approximate surface area is 178 Å². The summed E-state index contributed by atoms with van der Waals surface area (Å²) >= 11 is 0. The van der Waals surface area contributed by atoms with Crippen LogP contribution < -0.4 is 5.32 Å². The number of nitrogens with zero attached hydrogens (tertiary/aromatic N) is 3. The number of amides is 1. The number of likely N-dealkylation sites (tertiary alicyclic amines) is 1. The number of halogens is 1. The maximum atomic E-state index is 13.0. The Morgan fingerprint density at radius 2 is 1.80 bits per heavy atom. The summed E-state index contributed by atoms with van der Waals surface area (Å²) in [7, 11) is 0. The molecule has 1 saturated heterocycles. The van der Waals surface area contributed by atoms with Gasteiger partial charge in [0.25, 0.3) is 5.91 Å². The molecule has 2 fully saturated rings. The number of carbonyl (C=O) groups excluding carboxylic acids is 1. The lowest BCUT2D eigenvalue weighted by Gasteiger charge is -2.39. The number of hydrogen-bond acceptors (Lipinski definition) is 4. The number of piperidine rings is 1. The molecule has 1 saturated carbocycles. The normalized spacial score (nSPS) is 19.0. The van der Waals surface area contributed by atoms with Gasteiger partial charge in [-0.1, -0.05) is 31.4 Å². The number of rotatable bonds is 5. The van der Waals surface area contributed by atoms with Crippen LogP contribution in [0.25, 0.3) is 0 Å². The summed E-state index contributed by atoms with van der Waals surface area (Å²) in [4.78, 5) is 24.4. The molecule has 0 atom stereocenters. The number of aryl methyl sites for hydroxylation is 1. The van der Waals surface area contributed by atoms with E-state index in [2.05, 4.69) is 20.2 Å². The summed E-state index contributed by atoms with van der Waals surface area (Å²) in [6, 6.07) is 6.90. The van der Waals surface area contributed by atoms with Crippen LogP contribution in [0.1, 0.15) is 78.3 Å². The van der Waals surface area contributed by atoms with Gasteiger partial charge in [-0.05, 0) is 63.4 Å². The van der Waals surface area contributed by atoms with Crippen LogP contribution in [0.2, 0.25) is 0 Å². The minimum atomic E-state index is -0.283. The third kappa shape index (κ3) is 5.04. The maximum absolute atomic E-state index is 13.0. The molecular weight excluding hydrogens is 379 g/mol. The van der Waals surface area contributed by atoms with E-state index in [0.29, 0.717) is 23.7 Å². The minimum Gasteiger partial charge on any atom is -0.348 e. The third-order valence-corrected chi connectivity index (χ3v) is 6.59. The van der Waals surface area contributed by atoms with Crippen molar-refractivity contribution in [1.82, 2.24) is 20.2 Å². The Morgan fingerprint density at radius 3 is 2.47 bits per heavy atom. The predicted molar refractivity (Wildman–Crippen MR) is 115 cm³/mol. The first-order valence-electron chi connectivity index (χ1n) is 11.2. The Morgan fingerprint density at radius 1 is 1.10 bits per heavy atom. The summed E-state index contributed by atoms with van der Waals surface area (Å²) in [5, 5.41) is 2.87. The van der Waals surface area contributed by atoms with E-state index in [-0.39, 0.29) is 11.7 Å². The minimum absolute atomic E-state index is 0.199. The largest absolute Gasteiger partial charge is 0.348 e. The van der Waals surface area contributed by atoms with Crippen LogP contribution in [0.3, 0.4) is 0 Å². The molecule has 5 nitrogen and oxygen atoms in total. The highest BCUT2D eigenvalue weighted by Crippen LogP contribution is 2.30. The fraction of sp³-hybridized carbons (Fsp3) is 0.542. The van der Waals surface area contributed by atoms with Crippen molar-refractivity contribution in [3.8, 4) is 0 Å². The van der Waals surface area contributed by atoms with Crippen molar-refractivity contribution in [1.29, 1.82) is 0 Å². The lowest BCUT2D eigenvalue weighted by atomic mass is 9.90. The van der Waals surface area contributed by atoms with Crippen LogP contribution in [0.5, 0.6) is 0 Å². The first kappa shape index (κ1) is 20.9. The molecule has 4 rings (SSSR count). The van der Waals surface area contributed by atoms with E-state index in [1.807, 2.05) is 6.92 Å². The second kappa shape index (κ2) is 9.65. The average Bonchev–Trinajstić information content (AvgIpc) is 2.79. The van der Waals surface area contributed by atoms with Crippen LogP contribution in [0, 0.1) is 12.7 Å². The molecule has 2 aliphatic rings. The van der Waals surface area contributed by atoms with Crippen molar-refractivity contribution < 1.29 is 9.18 Å². The molecule has 2 heterocycles. The molecule has 0 radical (unpaired) electrons. The van der Waals surface area contributed by atoms with Gasteiger partial charge in [0.15, 0.2) is 0 Å². The number of benzene rings is 1. The summed E-state index contributed by atoms with van der Waals surface area (Å²) < 4.78 is 13.0. The Kier molecular flexibility index (Phi) is 6.72. The monoisotopic (exact) mass is 410 g/mol. The van der Waals surface area contributed by atoms with Gasteiger partial charge in [0, 0.05) is 24.7 Å². The van der Waals surface area contributed by atoms with E-state index in [4.69, 9.17) is 0 Å². The molecule has 160 valence electrons. The summed E-state index contributed by atoms with van der Waals surface area (Å²) in [6.07, 6.45) is 10.7. The maximum Gasteiger partial charge on any atom is 0.254 e. The first-order chi connectivity index (χ1) is 14.6. The molecule has 1 aromatic carbocycles. The van der Waals surface area contributed by atoms with E-state index in [1.165, 1.54) is 44.2 Å². The van der Waals surface area contributed by atoms with Gasteiger partial charge in [0.05, 0.1) is 11.3 Å². The quantitative estimate of drug-likeness (QED) is 0.795. The lowest BCUT2D eigenvalue weighted by molar-refractivity contribution is 0.0949. The van der Waals surface area contributed by atoms with Gasteiger partial charge in [-0.15, -0.1) is 0 Å². The molecule has 1 aromatic heterocycles. The van der Waals surface area contributed by atoms with E-state index >= 15 is 0 Å². The van der Waals surface area contributed by atoms with Gasteiger partial charge >= 0.3 is 0 Å². The number of carbonyl (C=O) groups is 1. The summed E-state index contributed by atoms with van der Waals surface area (Å²) in [5.74, 6) is 0.760. The van der Waals surface area contributed by atoms with Crippen molar-refractivity contribution in [3.63, 3.8) is 0 Å². The second-order valence-electron chi connectivity index (χ2n) is 8.64. The van der Waals surface area contributed by atoms with Gasteiger partial charge in [0.2, 0.25) is 0 Å². The standard InChI is InChI=1S/C24H31FN4O/c1-17-22(24(30)27-15-18-7-9-20(25)10-8-18)16-26-23(28-17)19-11-13-29(14-12-19)21-5-3-2-4-6-21/h7-10,16,19,21H,2-6,11-15H2,1H3,(H,27,30). The second-order valence-corrected chi connectivity index (χ2v) is 8.64. The molecule has 1 N–H and O–H groups in total. The van der Waals surface area contributed by atoms with Crippen LogP contribution >= 0.6 is 0 Å². The Balaban J connectivity index is 1.32. The molecule has 0 unspecified atom stereocenters. The molecule has 2 aromatic rings. The predicted octanol–water partition coefficient (Wildman–Crippen LogP) is 4.37. The smallest absolute Gasteiger partial charge is 0.254 e. The topological polar surface area (TPSA) is 58.1 Å². The molecular formula is C24H31FN4O. The molecule has 0 spiro atoms. The van der Waals surface area contributed by atoms with Crippen molar-refractivity contribution in [2.75, 3.05) is 13.1 Å². The van der Waals surface area contributed by atoms with Gasteiger partial charge in [-0.25, -0.2) is 14.4 Å². The highest BCUT2D eigenvalue weighted by atomic mass is 19.1. The van der Waals surface area contributed by atoms with Crippen molar-refractivity contribution >= 4 is 5.91 Å². The highest BCUT2D eigenvalue weighted by molar-refractivity contribution is 5.94. The molecule has 6 heteroatoms. The lowest BCUT2D eigenvalue weighted by Crippen LogP contribution is -2.42. The highest BCUT2D eigenvalue weighted by Gasteiger charge is 2.28. The zero-order valence-electron chi connectivity index (χ0n) is 17.7. The average molecular weight is 411 g/mol. The third-order valence-electron chi connectivity index (χ3n) is 6.59. The fourth-order valence-electron chi connectivity index (χ4n) is 4.75. The van der Waals surface area contributed by atoms with Crippen LogP contribution in [-0.2, 0) is 6.54 Å². The van der Waals surface area contributed by atoms with E-state index in [0.717, 1.165) is 43.4 Å². The summed E-state index contributed by atoms with van der Waals surface area (Å²) in [6.45, 7) is 4.46. The van der Waals surface area contributed by atoms with Gasteiger partial charge in [-0.3, -0.25) is 4.79 Å². The van der Waals surface area contributed by atoms with Crippen molar-refractivity contribution in [2.45, 2.75) is 70.4 Å². The Bertz CT molecular complexity index is 856. The number of hydrogen-bond donors (Lipinski definition) is 1. The van der Waals surface area contributed by atoms with Crippen LogP contribution in [0.15, 0.2) is 30.5 Å². The van der Waals surface area contributed by atoms with Gasteiger partial charge in [-0.2, -0.15) is 0 Å². The number of nitrogens with one attached hydrogen (secondary N) is 1. The van der Waals surface area contributed by atoms with E-state index < -0.39 is 0 Å². The van der Waals surface area contributed by atoms with Gasteiger partial charge < -0.3 is 10.2 Å². The molecule has 1 aliphatic heterocycles. The zero-order valence-corrected chi connectivity index (χ0v) is 17.7. The zero-order chi connectivity index (χ0) is 20.9. The van der Waals surface area contributed by atoms with Gasteiger partial charge in [0.1, 0.15) is 11.6 Å². The van der Waals surface area contributed by atoms with E-state index in [9.17, 15) is 9.18 Å². The first-order valence-corrected chi connectivity index (χ1v) is 11.2. The van der Waals surface area contributed by atoms with Crippen LogP contribution in [-0.4, -0.2) is 39.9 Å². The van der Waals surface area contributed by atoms with Crippen molar-refractivity contribution in [3.05, 3.63) is 58.9 Å². The van der Waals surface area contributed by atoms with Crippen LogP contribution in [0.4, 0.5) is 4.39 Å². The molecule has 1 aliphatic carbocycles. The molecule has 30 heavy (non-hydrogen) atoms. The SMILES string of the molecule is Cc1nc(C2CCN(C3CCCCC3)CC2)ncc1C(=O)NCc1ccc(F)cc1. The van der Waals surface area contributed by atoms with E-state index in [1.54, 1.807) is 18.3 Å². The molecule has 1 amide bonds. The number of aromatic nitrogens is 2. The van der Waals surface area contributed by atoms with Crippen molar-refractivity contribution in [2.24, 2.45) is 0 Å². The summed E-state index contributed by atoms with van der Waals surface area (Å²) in [5.41, 5.74) is 2.07. The molecule has 0 bridgehead atoms.